The molecule has 0 bridgehead atoms. The van der Waals surface area contributed by atoms with E-state index in [0.717, 1.165) is 38.3 Å². The van der Waals surface area contributed by atoms with Gasteiger partial charge in [0.1, 0.15) is 0 Å². The second kappa shape index (κ2) is 5.95. The maximum absolute atomic E-state index is 6.45. The lowest BCUT2D eigenvalue weighted by molar-refractivity contribution is 1.01. The van der Waals surface area contributed by atoms with E-state index < -0.39 is 0 Å². The van der Waals surface area contributed by atoms with Gasteiger partial charge in [0.05, 0.1) is 5.69 Å². The number of benzene rings is 2. The summed E-state index contributed by atoms with van der Waals surface area (Å²) < 4.78 is 0. The van der Waals surface area contributed by atoms with E-state index in [-0.39, 0.29) is 0 Å². The Balaban J connectivity index is 2.23. The molecule has 3 aromatic rings. The Bertz CT molecular complexity index is 810. The summed E-state index contributed by atoms with van der Waals surface area (Å²) >= 11 is 6.45. The molecule has 0 atom stereocenters. The van der Waals surface area contributed by atoms with Gasteiger partial charge in [-0.3, -0.25) is 4.98 Å². The highest BCUT2D eigenvalue weighted by atomic mass is 35.5. The first-order valence-corrected chi connectivity index (χ1v) is 7.53. The largest absolute Gasteiger partial charge is 0.378 e. The quantitative estimate of drug-likeness (QED) is 0.792. The second-order valence-electron chi connectivity index (χ2n) is 5.43. The van der Waals surface area contributed by atoms with Crippen LogP contribution in [0.2, 0.25) is 5.02 Å². The summed E-state index contributed by atoms with van der Waals surface area (Å²) in [6.07, 6.45) is 1.86. The molecular weight excluding hydrogens is 294 g/mol. The lowest BCUT2D eigenvalue weighted by Crippen LogP contribution is -2.08. The lowest BCUT2D eigenvalue weighted by atomic mass is 9.99. The molecular formula is C18H18ClN3. The summed E-state index contributed by atoms with van der Waals surface area (Å²) in [6, 6.07) is 14.2. The van der Waals surface area contributed by atoms with E-state index >= 15 is 0 Å². The molecule has 0 aliphatic rings. The molecule has 0 spiro atoms. The SMILES string of the molecule is CN(C)c1ccc(-c2cnc(CN)c3cccc(Cl)c23)cc1. The van der Waals surface area contributed by atoms with E-state index in [1.54, 1.807) is 0 Å². The van der Waals surface area contributed by atoms with Gasteiger partial charge < -0.3 is 10.6 Å². The Labute approximate surface area is 135 Å². The molecule has 22 heavy (non-hydrogen) atoms. The normalized spacial score (nSPS) is 10.9. The number of nitrogens with two attached hydrogens (primary N) is 1. The van der Waals surface area contributed by atoms with Crippen LogP contribution in [0, 0.1) is 0 Å². The van der Waals surface area contributed by atoms with Crippen molar-refractivity contribution < 1.29 is 0 Å². The fraction of sp³-hybridized carbons (Fsp3) is 0.167. The number of anilines is 1. The molecule has 2 aromatic carbocycles. The van der Waals surface area contributed by atoms with Crippen molar-refractivity contribution in [1.29, 1.82) is 0 Å². The van der Waals surface area contributed by atoms with Crippen LogP contribution in [0.5, 0.6) is 0 Å². The van der Waals surface area contributed by atoms with Gasteiger partial charge >= 0.3 is 0 Å². The Morgan fingerprint density at radius 1 is 1.09 bits per heavy atom. The molecule has 3 nitrogen and oxygen atoms in total. The van der Waals surface area contributed by atoms with E-state index in [0.29, 0.717) is 6.54 Å². The molecule has 0 amide bonds. The maximum Gasteiger partial charge on any atom is 0.0618 e. The lowest BCUT2D eigenvalue weighted by Gasteiger charge is -2.14. The van der Waals surface area contributed by atoms with Gasteiger partial charge in [0.2, 0.25) is 0 Å². The minimum absolute atomic E-state index is 0.399. The third-order valence-electron chi connectivity index (χ3n) is 3.83. The predicted molar refractivity (Wildman–Crippen MR) is 94.4 cm³/mol. The number of halogens is 1. The number of rotatable bonds is 3. The fourth-order valence-electron chi connectivity index (χ4n) is 2.64. The zero-order valence-electron chi connectivity index (χ0n) is 12.7. The summed E-state index contributed by atoms with van der Waals surface area (Å²) in [4.78, 5) is 6.58. The summed E-state index contributed by atoms with van der Waals surface area (Å²) in [7, 11) is 4.05. The average Bonchev–Trinajstić information content (AvgIpc) is 2.54. The zero-order valence-corrected chi connectivity index (χ0v) is 13.4. The Morgan fingerprint density at radius 2 is 1.82 bits per heavy atom. The first kappa shape index (κ1) is 14.8. The van der Waals surface area contributed by atoms with E-state index in [4.69, 9.17) is 17.3 Å². The number of pyridine rings is 1. The van der Waals surface area contributed by atoms with E-state index in [9.17, 15) is 0 Å². The van der Waals surface area contributed by atoms with Crippen LogP contribution in [0.4, 0.5) is 5.69 Å². The van der Waals surface area contributed by atoms with Crippen LogP contribution in [-0.4, -0.2) is 19.1 Å². The average molecular weight is 312 g/mol. The molecule has 1 aromatic heterocycles. The van der Waals surface area contributed by atoms with Crippen molar-refractivity contribution in [3.8, 4) is 11.1 Å². The van der Waals surface area contributed by atoms with Crippen molar-refractivity contribution in [2.45, 2.75) is 6.54 Å². The van der Waals surface area contributed by atoms with Crippen LogP contribution >= 0.6 is 11.6 Å². The van der Waals surface area contributed by atoms with Crippen molar-refractivity contribution in [2.75, 3.05) is 19.0 Å². The van der Waals surface area contributed by atoms with Crippen molar-refractivity contribution in [1.82, 2.24) is 4.98 Å². The first-order chi connectivity index (χ1) is 10.6. The van der Waals surface area contributed by atoms with Crippen molar-refractivity contribution in [3.05, 3.63) is 59.4 Å². The third-order valence-corrected chi connectivity index (χ3v) is 4.15. The molecule has 0 aliphatic heterocycles. The summed E-state index contributed by atoms with van der Waals surface area (Å²) in [6.45, 7) is 0.399. The Kier molecular flexibility index (Phi) is 4.01. The maximum atomic E-state index is 6.45. The van der Waals surface area contributed by atoms with Gasteiger partial charge in [-0.25, -0.2) is 0 Å². The third kappa shape index (κ3) is 2.54. The van der Waals surface area contributed by atoms with Crippen LogP contribution in [0.15, 0.2) is 48.7 Å². The Morgan fingerprint density at radius 3 is 2.45 bits per heavy atom. The highest BCUT2D eigenvalue weighted by molar-refractivity contribution is 6.36. The number of hydrogen-bond donors (Lipinski definition) is 1. The highest BCUT2D eigenvalue weighted by Crippen LogP contribution is 2.35. The summed E-state index contributed by atoms with van der Waals surface area (Å²) in [5.41, 5.74) is 9.95. The second-order valence-corrected chi connectivity index (χ2v) is 5.83. The van der Waals surface area contributed by atoms with Crippen molar-refractivity contribution in [3.63, 3.8) is 0 Å². The molecule has 0 unspecified atom stereocenters. The van der Waals surface area contributed by atoms with Gasteiger partial charge in [0, 0.05) is 53.9 Å². The predicted octanol–water partition coefficient (Wildman–Crippen LogP) is 4.08. The van der Waals surface area contributed by atoms with Gasteiger partial charge in [-0.15, -0.1) is 0 Å². The van der Waals surface area contributed by atoms with E-state index in [2.05, 4.69) is 34.1 Å². The van der Waals surface area contributed by atoms with Gasteiger partial charge in [-0.1, -0.05) is 35.9 Å². The highest BCUT2D eigenvalue weighted by Gasteiger charge is 2.11. The topological polar surface area (TPSA) is 42.2 Å². The first-order valence-electron chi connectivity index (χ1n) is 7.15. The molecule has 0 fully saturated rings. The van der Waals surface area contributed by atoms with Gasteiger partial charge in [-0.2, -0.15) is 0 Å². The minimum Gasteiger partial charge on any atom is -0.378 e. The molecule has 1 heterocycles. The van der Waals surface area contributed by atoms with Gasteiger partial charge in [0.25, 0.3) is 0 Å². The molecule has 0 aliphatic carbocycles. The summed E-state index contributed by atoms with van der Waals surface area (Å²) in [5, 5.41) is 2.75. The molecule has 2 N–H and O–H groups in total. The molecule has 0 saturated carbocycles. The standard InChI is InChI=1S/C18H18ClN3/c1-22(2)13-8-6-12(7-9-13)15-11-21-17(10-20)14-4-3-5-16(19)18(14)15/h3-9,11H,10,20H2,1-2H3. The van der Waals surface area contributed by atoms with Crippen LogP contribution in [0.1, 0.15) is 5.69 Å². The zero-order chi connectivity index (χ0) is 15.7. The van der Waals surface area contributed by atoms with E-state index in [1.165, 1.54) is 0 Å². The summed E-state index contributed by atoms with van der Waals surface area (Å²) in [5.74, 6) is 0. The molecule has 0 radical (unpaired) electrons. The van der Waals surface area contributed by atoms with Crippen molar-refractivity contribution in [2.24, 2.45) is 5.73 Å². The molecule has 3 rings (SSSR count). The smallest absolute Gasteiger partial charge is 0.0618 e. The minimum atomic E-state index is 0.399. The van der Waals surface area contributed by atoms with Crippen LogP contribution in [0.25, 0.3) is 21.9 Å². The van der Waals surface area contributed by atoms with Crippen LogP contribution < -0.4 is 10.6 Å². The number of hydrogen-bond acceptors (Lipinski definition) is 3. The molecule has 112 valence electrons. The molecule has 0 saturated heterocycles. The number of fused-ring (bicyclic) bond motifs is 1. The van der Waals surface area contributed by atoms with Crippen LogP contribution in [-0.2, 0) is 6.54 Å². The number of nitrogens with zero attached hydrogens (tertiary/aromatic N) is 2. The monoisotopic (exact) mass is 311 g/mol. The Hall–Kier alpha value is -2.10. The van der Waals surface area contributed by atoms with Crippen molar-refractivity contribution >= 4 is 28.1 Å². The van der Waals surface area contributed by atoms with Crippen LogP contribution in [0.3, 0.4) is 0 Å². The van der Waals surface area contributed by atoms with Gasteiger partial charge in [-0.05, 0) is 23.8 Å². The van der Waals surface area contributed by atoms with Gasteiger partial charge in [0.15, 0.2) is 0 Å². The molecule has 4 heteroatoms. The number of aromatic nitrogens is 1. The fourth-order valence-corrected chi connectivity index (χ4v) is 2.91. The van der Waals surface area contributed by atoms with E-state index in [1.807, 2.05) is 38.5 Å².